The summed E-state index contributed by atoms with van der Waals surface area (Å²) in [6.45, 7) is 10.7. The molecular formula is C13H25O5P. The van der Waals surface area contributed by atoms with Crippen molar-refractivity contribution in [2.45, 2.75) is 40.9 Å². The van der Waals surface area contributed by atoms with E-state index >= 15 is 0 Å². The average molecular weight is 292 g/mol. The number of hydrogen-bond acceptors (Lipinski definition) is 5. The summed E-state index contributed by atoms with van der Waals surface area (Å²) in [6, 6.07) is 0. The van der Waals surface area contributed by atoms with Crippen molar-refractivity contribution < 1.29 is 23.1 Å². The largest absolute Gasteiger partial charge is 0.361 e. The molecule has 0 aliphatic carbocycles. The Morgan fingerprint density at radius 3 is 2.21 bits per heavy atom. The molecule has 0 saturated heterocycles. The fourth-order valence-electron chi connectivity index (χ4n) is 1.23. The van der Waals surface area contributed by atoms with Crippen LogP contribution in [0.3, 0.4) is 0 Å². The van der Waals surface area contributed by atoms with Crippen molar-refractivity contribution in [3.05, 3.63) is 17.1 Å². The third-order valence-electron chi connectivity index (χ3n) is 2.02. The van der Waals surface area contributed by atoms with Crippen LogP contribution in [-0.2, 0) is 23.1 Å². The molecule has 5 nitrogen and oxygen atoms in total. The lowest BCUT2D eigenvalue weighted by Crippen LogP contribution is -2.13. The van der Waals surface area contributed by atoms with Crippen LogP contribution in [0.4, 0.5) is 0 Å². The summed E-state index contributed by atoms with van der Waals surface area (Å²) in [5.41, 5.74) is 3.69. The van der Waals surface area contributed by atoms with Crippen molar-refractivity contribution in [3.8, 4) is 0 Å². The summed E-state index contributed by atoms with van der Waals surface area (Å²) in [4.78, 5) is 0. The zero-order valence-corrected chi connectivity index (χ0v) is 13.4. The first kappa shape index (κ1) is 18.6. The van der Waals surface area contributed by atoms with Gasteiger partial charge in [0.2, 0.25) is 0 Å². The van der Waals surface area contributed by atoms with Gasteiger partial charge in [-0.2, -0.15) is 0 Å². The Labute approximate surface area is 116 Å². The standard InChI is InChI=1S/C13H25O5P/c1-6-15-13(5)16-11-12(4)9-10-19(14,17-7-2)18-8-3/h10,13H,6-8,11H2,1-5H3. The molecule has 0 aromatic rings. The van der Waals surface area contributed by atoms with Crippen LogP contribution < -0.4 is 0 Å². The molecule has 1 unspecified atom stereocenters. The van der Waals surface area contributed by atoms with Crippen LogP contribution in [0.1, 0.15) is 34.6 Å². The van der Waals surface area contributed by atoms with Gasteiger partial charge in [0.25, 0.3) is 0 Å². The molecule has 0 radical (unpaired) electrons. The van der Waals surface area contributed by atoms with E-state index in [1.807, 2.05) is 20.8 Å². The minimum atomic E-state index is -3.18. The zero-order valence-electron chi connectivity index (χ0n) is 12.5. The van der Waals surface area contributed by atoms with Crippen LogP contribution in [-0.4, -0.2) is 32.7 Å². The van der Waals surface area contributed by atoms with Gasteiger partial charge in [0.1, 0.15) is 0 Å². The highest BCUT2D eigenvalue weighted by Gasteiger charge is 2.18. The summed E-state index contributed by atoms with van der Waals surface area (Å²) in [7, 11) is -3.18. The third kappa shape index (κ3) is 9.17. The lowest BCUT2D eigenvalue weighted by atomic mass is 10.3. The van der Waals surface area contributed by atoms with E-state index in [1.165, 1.54) is 5.82 Å². The molecule has 6 heteroatoms. The van der Waals surface area contributed by atoms with E-state index in [2.05, 4.69) is 5.73 Å². The van der Waals surface area contributed by atoms with Crippen molar-refractivity contribution in [3.63, 3.8) is 0 Å². The Bertz CT molecular complexity index is 337. The van der Waals surface area contributed by atoms with Gasteiger partial charge in [0, 0.05) is 6.61 Å². The number of rotatable bonds is 10. The molecule has 0 bridgehead atoms. The monoisotopic (exact) mass is 292 g/mol. The van der Waals surface area contributed by atoms with Gasteiger partial charge >= 0.3 is 7.60 Å². The second-order valence-electron chi connectivity index (χ2n) is 3.76. The molecule has 0 aliphatic heterocycles. The first-order valence-electron chi connectivity index (χ1n) is 6.52. The molecule has 0 rings (SSSR count). The summed E-state index contributed by atoms with van der Waals surface area (Å²) in [6.07, 6.45) is -0.271. The highest BCUT2D eigenvalue weighted by molar-refractivity contribution is 7.57. The van der Waals surface area contributed by atoms with E-state index < -0.39 is 7.60 Å². The molecule has 1 atom stereocenters. The van der Waals surface area contributed by atoms with Gasteiger partial charge in [-0.25, -0.2) is 0 Å². The molecule has 19 heavy (non-hydrogen) atoms. The summed E-state index contributed by atoms with van der Waals surface area (Å²) < 4.78 is 33.0. The van der Waals surface area contributed by atoms with Gasteiger partial charge < -0.3 is 18.5 Å². The highest BCUT2D eigenvalue weighted by Crippen LogP contribution is 2.49. The molecule has 0 heterocycles. The second kappa shape index (κ2) is 10.4. The average Bonchev–Trinajstić information content (AvgIpc) is 2.35. The van der Waals surface area contributed by atoms with E-state index in [9.17, 15) is 4.57 Å². The molecule has 112 valence electrons. The Morgan fingerprint density at radius 1 is 1.16 bits per heavy atom. The Kier molecular flexibility index (Phi) is 10.2. The topological polar surface area (TPSA) is 54.0 Å². The van der Waals surface area contributed by atoms with E-state index in [0.29, 0.717) is 26.4 Å². The minimum absolute atomic E-state index is 0.271. The predicted molar refractivity (Wildman–Crippen MR) is 75.2 cm³/mol. The van der Waals surface area contributed by atoms with Crippen LogP contribution in [0.25, 0.3) is 0 Å². The van der Waals surface area contributed by atoms with Crippen LogP contribution in [0.15, 0.2) is 17.1 Å². The predicted octanol–water partition coefficient (Wildman–Crippen LogP) is 3.71. The number of hydrogen-bond donors (Lipinski definition) is 0. The smallest absolute Gasteiger partial charge is 0.353 e. The van der Waals surface area contributed by atoms with E-state index in [-0.39, 0.29) is 6.29 Å². The lowest BCUT2D eigenvalue weighted by molar-refractivity contribution is -0.120. The van der Waals surface area contributed by atoms with Crippen molar-refractivity contribution in [2.75, 3.05) is 26.4 Å². The van der Waals surface area contributed by atoms with Crippen LogP contribution in [0.5, 0.6) is 0 Å². The Hall–Kier alpha value is -0.410. The molecule has 0 saturated carbocycles. The highest BCUT2D eigenvalue weighted by atomic mass is 31.2. The number of ether oxygens (including phenoxy) is 2. The van der Waals surface area contributed by atoms with Crippen LogP contribution in [0.2, 0.25) is 0 Å². The van der Waals surface area contributed by atoms with Gasteiger partial charge in [-0.05, 0) is 40.2 Å². The molecule has 0 aliphatic rings. The van der Waals surface area contributed by atoms with Gasteiger partial charge in [-0.1, -0.05) is 0 Å². The minimum Gasteiger partial charge on any atom is -0.353 e. The maximum absolute atomic E-state index is 12.1. The maximum Gasteiger partial charge on any atom is 0.361 e. The normalized spacial score (nSPS) is 12.9. The van der Waals surface area contributed by atoms with E-state index in [4.69, 9.17) is 18.5 Å². The Balaban J connectivity index is 4.52. The van der Waals surface area contributed by atoms with Crippen molar-refractivity contribution in [1.29, 1.82) is 0 Å². The van der Waals surface area contributed by atoms with E-state index in [0.717, 1.165) is 5.57 Å². The van der Waals surface area contributed by atoms with Gasteiger partial charge in [-0.3, -0.25) is 4.57 Å². The van der Waals surface area contributed by atoms with Gasteiger partial charge in [-0.15, -0.1) is 5.73 Å². The molecular weight excluding hydrogens is 267 g/mol. The van der Waals surface area contributed by atoms with E-state index in [1.54, 1.807) is 13.8 Å². The van der Waals surface area contributed by atoms with Gasteiger partial charge in [0.15, 0.2) is 6.29 Å². The molecule has 0 aromatic heterocycles. The van der Waals surface area contributed by atoms with Crippen LogP contribution in [0, 0.1) is 0 Å². The molecule has 0 aromatic carbocycles. The Morgan fingerprint density at radius 2 is 1.74 bits per heavy atom. The van der Waals surface area contributed by atoms with Crippen molar-refractivity contribution >= 4 is 7.60 Å². The lowest BCUT2D eigenvalue weighted by Gasteiger charge is -2.13. The third-order valence-corrected chi connectivity index (χ3v) is 3.70. The maximum atomic E-state index is 12.1. The molecule has 0 N–H and O–H groups in total. The fraction of sp³-hybridized carbons (Fsp3) is 0.769. The summed E-state index contributed by atoms with van der Waals surface area (Å²) >= 11 is 0. The SMILES string of the molecule is CCOC(C)OCC(C)=C=CP(=O)(OCC)OCC. The fourth-order valence-corrected chi connectivity index (χ4v) is 2.55. The quantitative estimate of drug-likeness (QED) is 0.349. The molecule has 0 fully saturated rings. The van der Waals surface area contributed by atoms with Crippen LogP contribution >= 0.6 is 7.60 Å². The second-order valence-corrected chi connectivity index (χ2v) is 5.62. The van der Waals surface area contributed by atoms with Gasteiger partial charge in [0.05, 0.1) is 25.6 Å². The first-order valence-corrected chi connectivity index (χ1v) is 8.13. The molecule has 0 amide bonds. The van der Waals surface area contributed by atoms with Crippen molar-refractivity contribution in [2.24, 2.45) is 0 Å². The molecule has 0 spiro atoms. The zero-order chi connectivity index (χ0) is 14.7. The first-order chi connectivity index (χ1) is 8.97. The van der Waals surface area contributed by atoms with Crippen molar-refractivity contribution in [1.82, 2.24) is 0 Å². The summed E-state index contributed by atoms with van der Waals surface area (Å²) in [5.74, 6) is 1.35. The summed E-state index contributed by atoms with van der Waals surface area (Å²) in [5, 5.41) is 0.